The topological polar surface area (TPSA) is 102 Å². The Bertz CT molecular complexity index is 1200. The Kier molecular flexibility index (Phi) is 9.86. The number of carboxylic acid groups (broad SMARTS) is 1. The Labute approximate surface area is 248 Å². The van der Waals surface area contributed by atoms with Crippen LogP contribution in [0, 0.1) is 5.92 Å². The van der Waals surface area contributed by atoms with Gasteiger partial charge in [-0.15, -0.1) is 0 Å². The zero-order valence-electron chi connectivity index (χ0n) is 21.2. The van der Waals surface area contributed by atoms with Gasteiger partial charge >= 0.3 is 29.6 Å². The van der Waals surface area contributed by atoms with Crippen molar-refractivity contribution in [2.24, 2.45) is 10.9 Å². The standard InChI is InChI=1S/C27H29Cl2N3O4.Na/c1-16-4-3-10-27(15-16)31-24(20-12-21(28)14-22(29)13-20)26(36)32(27)17(2)18-5-7-19(8-6-18)25(35)30-11-9-23(33)34;/h5-8,12-14,16-17H,3-4,9-11,15H2,1-2H3,(H,30,35)(H,33,34);/q;+1/p-1/t16?,17-,27?;/m1./s1. The molecule has 0 aromatic heterocycles. The molecule has 2 aliphatic rings. The molecule has 7 nitrogen and oxygen atoms in total. The van der Waals surface area contributed by atoms with Crippen LogP contribution < -0.4 is 40.0 Å². The van der Waals surface area contributed by atoms with E-state index < -0.39 is 11.6 Å². The Morgan fingerprint density at radius 3 is 2.43 bits per heavy atom. The van der Waals surface area contributed by atoms with Crippen molar-refractivity contribution >= 4 is 46.7 Å². The monoisotopic (exact) mass is 551 g/mol. The van der Waals surface area contributed by atoms with Gasteiger partial charge in [0, 0.05) is 40.1 Å². The first-order valence-electron chi connectivity index (χ1n) is 12.1. The first-order valence-corrected chi connectivity index (χ1v) is 12.8. The second-order valence-electron chi connectivity index (χ2n) is 9.65. The number of hydrogen-bond donors (Lipinski definition) is 1. The molecule has 2 aromatic rings. The van der Waals surface area contributed by atoms with Gasteiger partial charge in [0.15, 0.2) is 0 Å². The summed E-state index contributed by atoms with van der Waals surface area (Å²) in [7, 11) is 0. The third-order valence-electron chi connectivity index (χ3n) is 6.93. The summed E-state index contributed by atoms with van der Waals surface area (Å²) in [4.78, 5) is 43.7. The molecule has 0 radical (unpaired) electrons. The van der Waals surface area contributed by atoms with Gasteiger partial charge in [-0.25, -0.2) is 0 Å². The van der Waals surface area contributed by atoms with Crippen molar-refractivity contribution in [1.82, 2.24) is 10.2 Å². The summed E-state index contributed by atoms with van der Waals surface area (Å²) in [5.74, 6) is -1.34. The number of nitrogens with zero attached hydrogens (tertiary/aromatic N) is 2. The SMILES string of the molecule is CC1CCCC2(C1)N=C(c1cc(Cl)cc(Cl)c1)C(=O)N2[C@H](C)c1ccc(C(=O)NCCC(=O)[O-])cc1.[Na+]. The molecule has 2 unspecified atom stereocenters. The van der Waals surface area contributed by atoms with Gasteiger partial charge in [-0.3, -0.25) is 14.6 Å². The largest absolute Gasteiger partial charge is 1.00 e. The number of carbonyl (C=O) groups is 3. The molecule has 1 aliphatic carbocycles. The molecule has 1 heterocycles. The van der Waals surface area contributed by atoms with E-state index in [1.54, 1.807) is 30.3 Å². The van der Waals surface area contributed by atoms with Gasteiger partial charge in [-0.2, -0.15) is 0 Å². The van der Waals surface area contributed by atoms with Crippen molar-refractivity contribution in [2.75, 3.05) is 6.54 Å². The maximum Gasteiger partial charge on any atom is 1.00 e. The molecule has 190 valence electrons. The molecule has 1 saturated carbocycles. The maximum atomic E-state index is 13.9. The van der Waals surface area contributed by atoms with Gasteiger partial charge < -0.3 is 20.1 Å². The third kappa shape index (κ3) is 6.58. The number of carbonyl (C=O) groups excluding carboxylic acids is 3. The van der Waals surface area contributed by atoms with E-state index in [1.807, 2.05) is 24.0 Å². The normalized spacial score (nSPS) is 21.8. The molecule has 0 saturated heterocycles. The van der Waals surface area contributed by atoms with E-state index in [0.717, 1.165) is 31.2 Å². The number of aliphatic imine (C=N–C) groups is 1. The average molecular weight is 552 g/mol. The number of aliphatic carboxylic acids is 1. The minimum Gasteiger partial charge on any atom is -0.550 e. The van der Waals surface area contributed by atoms with Crippen LogP contribution in [0.4, 0.5) is 0 Å². The number of benzene rings is 2. The van der Waals surface area contributed by atoms with Crippen LogP contribution in [0.25, 0.3) is 0 Å². The van der Waals surface area contributed by atoms with Crippen molar-refractivity contribution in [2.45, 2.75) is 57.7 Å². The first kappa shape index (κ1) is 29.7. The molecule has 1 aliphatic heterocycles. The minimum absolute atomic E-state index is 0. The number of carboxylic acids is 1. The summed E-state index contributed by atoms with van der Waals surface area (Å²) >= 11 is 12.5. The van der Waals surface area contributed by atoms with Crippen molar-refractivity contribution in [3.8, 4) is 0 Å². The van der Waals surface area contributed by atoms with Crippen molar-refractivity contribution < 1.29 is 49.0 Å². The zero-order valence-corrected chi connectivity index (χ0v) is 24.7. The van der Waals surface area contributed by atoms with Gasteiger partial charge in [0.25, 0.3) is 11.8 Å². The maximum absolute atomic E-state index is 13.9. The fourth-order valence-corrected chi connectivity index (χ4v) is 5.81. The van der Waals surface area contributed by atoms with E-state index in [0.29, 0.717) is 32.8 Å². The van der Waals surface area contributed by atoms with Crippen LogP contribution in [0.5, 0.6) is 0 Å². The summed E-state index contributed by atoms with van der Waals surface area (Å²) in [6, 6.07) is 11.7. The Hall–Kier alpha value is -1.90. The van der Waals surface area contributed by atoms with Crippen LogP contribution in [0.1, 0.15) is 73.5 Å². The van der Waals surface area contributed by atoms with Crippen molar-refractivity contribution in [3.05, 3.63) is 69.2 Å². The summed E-state index contributed by atoms with van der Waals surface area (Å²) in [6.45, 7) is 4.15. The van der Waals surface area contributed by atoms with E-state index in [4.69, 9.17) is 28.2 Å². The number of amides is 2. The molecule has 2 amide bonds. The van der Waals surface area contributed by atoms with Crippen molar-refractivity contribution in [1.29, 1.82) is 0 Å². The molecule has 3 atom stereocenters. The molecule has 0 bridgehead atoms. The fraction of sp³-hybridized carbons (Fsp3) is 0.407. The Morgan fingerprint density at radius 1 is 1.19 bits per heavy atom. The minimum atomic E-state index is -1.22. The van der Waals surface area contributed by atoms with Crippen LogP contribution in [0.3, 0.4) is 0 Å². The number of halogens is 2. The second-order valence-corrected chi connectivity index (χ2v) is 10.5. The summed E-state index contributed by atoms with van der Waals surface area (Å²) in [5.41, 5.74) is 1.59. The van der Waals surface area contributed by atoms with Gasteiger partial charge in [-0.1, -0.05) is 48.7 Å². The molecule has 1 N–H and O–H groups in total. The summed E-state index contributed by atoms with van der Waals surface area (Å²) < 4.78 is 0. The van der Waals surface area contributed by atoms with Crippen LogP contribution in [-0.4, -0.2) is 40.6 Å². The number of hydrogen-bond acceptors (Lipinski definition) is 5. The van der Waals surface area contributed by atoms with Crippen molar-refractivity contribution in [3.63, 3.8) is 0 Å². The molecule has 37 heavy (non-hydrogen) atoms. The van der Waals surface area contributed by atoms with Crippen LogP contribution in [0.15, 0.2) is 47.5 Å². The zero-order chi connectivity index (χ0) is 26.0. The van der Waals surface area contributed by atoms with E-state index in [1.165, 1.54) is 0 Å². The quantitative estimate of drug-likeness (QED) is 0.522. The van der Waals surface area contributed by atoms with E-state index >= 15 is 0 Å². The number of rotatable bonds is 7. The fourth-order valence-electron chi connectivity index (χ4n) is 5.29. The van der Waals surface area contributed by atoms with E-state index in [9.17, 15) is 19.5 Å². The Balaban J connectivity index is 0.00000380. The average Bonchev–Trinajstić information content (AvgIpc) is 3.08. The van der Waals surface area contributed by atoms with E-state index in [-0.39, 0.29) is 60.4 Å². The van der Waals surface area contributed by atoms with Crippen LogP contribution >= 0.6 is 23.2 Å². The molecule has 4 rings (SSSR count). The molecular weight excluding hydrogens is 524 g/mol. The first-order chi connectivity index (χ1) is 17.1. The van der Waals surface area contributed by atoms with E-state index in [2.05, 4.69) is 12.2 Å². The van der Waals surface area contributed by atoms with Crippen LogP contribution in [0.2, 0.25) is 10.0 Å². The molecule has 10 heteroatoms. The van der Waals surface area contributed by atoms with Gasteiger partial charge in [-0.05, 0) is 68.0 Å². The Morgan fingerprint density at radius 2 is 1.84 bits per heavy atom. The van der Waals surface area contributed by atoms with Gasteiger partial charge in [0.05, 0.1) is 6.04 Å². The third-order valence-corrected chi connectivity index (χ3v) is 7.37. The molecule has 1 fully saturated rings. The molecule has 1 spiro atoms. The number of nitrogens with one attached hydrogen (secondary N) is 1. The van der Waals surface area contributed by atoms with Crippen LogP contribution in [-0.2, 0) is 9.59 Å². The molecule has 2 aromatic carbocycles. The second kappa shape index (κ2) is 12.3. The molecular formula is C27H28Cl2N3NaO4. The summed E-state index contributed by atoms with van der Waals surface area (Å²) in [6.07, 6.45) is 3.34. The predicted molar refractivity (Wildman–Crippen MR) is 137 cm³/mol. The van der Waals surface area contributed by atoms with Gasteiger partial charge in [0.1, 0.15) is 11.4 Å². The predicted octanol–water partition coefficient (Wildman–Crippen LogP) is 1.17. The summed E-state index contributed by atoms with van der Waals surface area (Å²) in [5, 5.41) is 14.0. The smallest absolute Gasteiger partial charge is 0.550 e. The van der Waals surface area contributed by atoms with Gasteiger partial charge in [0.2, 0.25) is 0 Å².